The van der Waals surface area contributed by atoms with Crippen molar-refractivity contribution in [3.8, 4) is 0 Å². The van der Waals surface area contributed by atoms with E-state index in [1.165, 1.54) is 18.2 Å². The van der Waals surface area contributed by atoms with Crippen LogP contribution in [-0.2, 0) is 10.0 Å². The molecule has 4 nitrogen and oxygen atoms in total. The summed E-state index contributed by atoms with van der Waals surface area (Å²) in [6.45, 7) is 1.82. The van der Waals surface area contributed by atoms with Gasteiger partial charge in [0, 0.05) is 12.6 Å². The fourth-order valence-electron chi connectivity index (χ4n) is 1.02. The van der Waals surface area contributed by atoms with E-state index in [0.717, 1.165) is 6.07 Å². The van der Waals surface area contributed by atoms with Gasteiger partial charge >= 0.3 is 0 Å². The summed E-state index contributed by atoms with van der Waals surface area (Å²) >= 11 is 0. The number of nitrogens with two attached hydrogens (primary N) is 1. The molecule has 0 heterocycles. The Morgan fingerprint density at radius 3 is 2.73 bits per heavy atom. The quantitative estimate of drug-likeness (QED) is 0.791. The van der Waals surface area contributed by atoms with Crippen LogP contribution in [0.2, 0.25) is 0 Å². The molecule has 15 heavy (non-hydrogen) atoms. The van der Waals surface area contributed by atoms with Crippen molar-refractivity contribution in [2.24, 2.45) is 5.73 Å². The zero-order valence-corrected chi connectivity index (χ0v) is 9.09. The molecule has 0 aliphatic carbocycles. The molecule has 1 rings (SSSR count). The van der Waals surface area contributed by atoms with Gasteiger partial charge in [0.1, 0.15) is 5.82 Å². The van der Waals surface area contributed by atoms with Gasteiger partial charge in [0.2, 0.25) is 10.0 Å². The molecular formula is C9H13FN2O2S. The zero-order chi connectivity index (χ0) is 11.5. The Balaban J connectivity index is 2.96. The summed E-state index contributed by atoms with van der Waals surface area (Å²) in [6.07, 6.45) is 0. The molecule has 1 aromatic rings. The maximum absolute atomic E-state index is 12.8. The largest absolute Gasteiger partial charge is 0.329 e. The summed E-state index contributed by atoms with van der Waals surface area (Å²) in [4.78, 5) is -0.0946. The van der Waals surface area contributed by atoms with Crippen LogP contribution in [0, 0.1) is 5.82 Å². The highest BCUT2D eigenvalue weighted by Gasteiger charge is 2.16. The summed E-state index contributed by atoms with van der Waals surface area (Å²) in [5, 5.41) is 0. The lowest BCUT2D eigenvalue weighted by molar-refractivity contribution is 0.560. The predicted octanol–water partition coefficient (Wildman–Crippen LogP) is 0.451. The lowest BCUT2D eigenvalue weighted by atomic mass is 10.4. The number of hydrogen-bond acceptors (Lipinski definition) is 3. The molecule has 0 saturated heterocycles. The van der Waals surface area contributed by atoms with Crippen LogP contribution < -0.4 is 10.5 Å². The molecule has 6 heteroatoms. The van der Waals surface area contributed by atoms with E-state index in [-0.39, 0.29) is 17.5 Å². The Hall–Kier alpha value is -0.980. The van der Waals surface area contributed by atoms with Gasteiger partial charge in [-0.25, -0.2) is 17.5 Å². The van der Waals surface area contributed by atoms with E-state index < -0.39 is 15.8 Å². The predicted molar refractivity (Wildman–Crippen MR) is 55.2 cm³/mol. The second kappa shape index (κ2) is 4.69. The van der Waals surface area contributed by atoms with Crippen molar-refractivity contribution < 1.29 is 12.8 Å². The Kier molecular flexibility index (Phi) is 3.78. The number of rotatable bonds is 4. The molecule has 0 fully saturated rings. The van der Waals surface area contributed by atoms with Crippen molar-refractivity contribution in [1.82, 2.24) is 4.72 Å². The van der Waals surface area contributed by atoms with Crippen molar-refractivity contribution in [3.63, 3.8) is 0 Å². The van der Waals surface area contributed by atoms with Crippen LogP contribution in [-0.4, -0.2) is 21.0 Å². The van der Waals surface area contributed by atoms with Crippen LogP contribution in [0.3, 0.4) is 0 Å². The maximum Gasteiger partial charge on any atom is 0.240 e. The van der Waals surface area contributed by atoms with Gasteiger partial charge in [-0.15, -0.1) is 0 Å². The first-order chi connectivity index (χ1) is 6.95. The van der Waals surface area contributed by atoms with E-state index in [1.807, 2.05) is 0 Å². The minimum absolute atomic E-state index is 0.0946. The first-order valence-corrected chi connectivity index (χ1v) is 5.92. The van der Waals surface area contributed by atoms with Gasteiger partial charge in [0.15, 0.2) is 0 Å². The number of sulfonamides is 1. The molecule has 0 radical (unpaired) electrons. The third-order valence-corrected chi connectivity index (χ3v) is 3.40. The average molecular weight is 232 g/mol. The number of hydrogen-bond donors (Lipinski definition) is 2. The monoisotopic (exact) mass is 232 g/mol. The Bertz CT molecular complexity index is 433. The number of halogens is 1. The van der Waals surface area contributed by atoms with Crippen molar-refractivity contribution in [2.45, 2.75) is 17.9 Å². The first-order valence-electron chi connectivity index (χ1n) is 4.43. The standard InChI is InChI=1S/C9H13FN2O2S/c1-7(6-11)12-15(13,14)9-4-2-3-8(10)5-9/h2-5,7,12H,6,11H2,1H3. The van der Waals surface area contributed by atoms with Gasteiger partial charge < -0.3 is 5.73 Å². The Morgan fingerprint density at radius 1 is 1.53 bits per heavy atom. The van der Waals surface area contributed by atoms with Crippen molar-refractivity contribution in [2.75, 3.05) is 6.54 Å². The van der Waals surface area contributed by atoms with Crippen molar-refractivity contribution in [3.05, 3.63) is 30.1 Å². The van der Waals surface area contributed by atoms with E-state index in [1.54, 1.807) is 6.92 Å². The molecule has 1 aromatic carbocycles. The van der Waals surface area contributed by atoms with Crippen LogP contribution >= 0.6 is 0 Å². The highest BCUT2D eigenvalue weighted by molar-refractivity contribution is 7.89. The smallest absolute Gasteiger partial charge is 0.240 e. The Labute approximate surface area is 88.3 Å². The SMILES string of the molecule is CC(CN)NS(=O)(=O)c1cccc(F)c1. The van der Waals surface area contributed by atoms with Crippen LogP contribution in [0.1, 0.15) is 6.92 Å². The van der Waals surface area contributed by atoms with Gasteiger partial charge in [-0.1, -0.05) is 6.07 Å². The molecule has 1 unspecified atom stereocenters. The highest BCUT2D eigenvalue weighted by atomic mass is 32.2. The van der Waals surface area contributed by atoms with E-state index in [4.69, 9.17) is 5.73 Å². The molecule has 0 spiro atoms. The second-order valence-corrected chi connectivity index (χ2v) is 4.93. The van der Waals surface area contributed by atoms with E-state index in [9.17, 15) is 12.8 Å². The molecule has 0 bridgehead atoms. The normalized spacial score (nSPS) is 13.8. The molecule has 1 atom stereocenters. The molecule has 0 amide bonds. The van der Waals surface area contributed by atoms with Crippen molar-refractivity contribution in [1.29, 1.82) is 0 Å². The lowest BCUT2D eigenvalue weighted by Crippen LogP contribution is -2.37. The highest BCUT2D eigenvalue weighted by Crippen LogP contribution is 2.10. The first kappa shape index (κ1) is 12.1. The summed E-state index contributed by atoms with van der Waals surface area (Å²) in [5.41, 5.74) is 5.29. The lowest BCUT2D eigenvalue weighted by Gasteiger charge is -2.11. The van der Waals surface area contributed by atoms with E-state index in [2.05, 4.69) is 4.72 Å². The van der Waals surface area contributed by atoms with Crippen LogP contribution in [0.15, 0.2) is 29.2 Å². The van der Waals surface area contributed by atoms with Crippen LogP contribution in [0.25, 0.3) is 0 Å². The summed E-state index contributed by atoms with van der Waals surface area (Å²) < 4.78 is 38.4. The fourth-order valence-corrected chi connectivity index (χ4v) is 2.30. The van der Waals surface area contributed by atoms with Gasteiger partial charge in [0.05, 0.1) is 4.90 Å². The number of benzene rings is 1. The second-order valence-electron chi connectivity index (χ2n) is 3.22. The van der Waals surface area contributed by atoms with Gasteiger partial charge in [-0.3, -0.25) is 0 Å². The molecule has 0 aromatic heterocycles. The molecule has 0 aliphatic rings. The van der Waals surface area contributed by atoms with E-state index in [0.29, 0.717) is 0 Å². The summed E-state index contributed by atoms with van der Waals surface area (Å²) in [7, 11) is -3.66. The minimum atomic E-state index is -3.66. The fraction of sp³-hybridized carbons (Fsp3) is 0.333. The summed E-state index contributed by atoms with van der Waals surface area (Å²) in [5.74, 6) is -0.585. The third kappa shape index (κ3) is 3.26. The topological polar surface area (TPSA) is 72.2 Å². The van der Waals surface area contributed by atoms with Gasteiger partial charge in [-0.2, -0.15) is 0 Å². The minimum Gasteiger partial charge on any atom is -0.329 e. The van der Waals surface area contributed by atoms with Crippen LogP contribution in [0.4, 0.5) is 4.39 Å². The summed E-state index contributed by atoms with van der Waals surface area (Å²) in [6, 6.07) is 4.45. The van der Waals surface area contributed by atoms with Gasteiger partial charge in [-0.05, 0) is 25.1 Å². The Morgan fingerprint density at radius 2 is 2.20 bits per heavy atom. The van der Waals surface area contributed by atoms with Crippen LogP contribution in [0.5, 0.6) is 0 Å². The maximum atomic E-state index is 12.8. The molecule has 0 saturated carbocycles. The molecule has 3 N–H and O–H groups in total. The molecule has 0 aliphatic heterocycles. The third-order valence-electron chi connectivity index (χ3n) is 1.82. The molecular weight excluding hydrogens is 219 g/mol. The molecule has 84 valence electrons. The number of nitrogens with one attached hydrogen (secondary N) is 1. The van der Waals surface area contributed by atoms with Gasteiger partial charge in [0.25, 0.3) is 0 Å². The van der Waals surface area contributed by atoms with Crippen molar-refractivity contribution >= 4 is 10.0 Å². The zero-order valence-electron chi connectivity index (χ0n) is 8.27. The van der Waals surface area contributed by atoms with E-state index >= 15 is 0 Å². The average Bonchev–Trinajstić information content (AvgIpc) is 2.17.